The zero-order valence-corrected chi connectivity index (χ0v) is 12.2. The van der Waals surface area contributed by atoms with E-state index < -0.39 is 5.82 Å². The Balaban J connectivity index is 2.19. The Hall–Kier alpha value is -0.740. The maximum Gasteiger partial charge on any atom is 0.153 e. The Labute approximate surface area is 115 Å². The van der Waals surface area contributed by atoms with Gasteiger partial charge in [0.15, 0.2) is 6.29 Å². The van der Waals surface area contributed by atoms with Crippen molar-refractivity contribution in [2.45, 2.75) is 32.4 Å². The topological polar surface area (TPSA) is 20.3 Å². The van der Waals surface area contributed by atoms with E-state index in [1.807, 2.05) is 13.1 Å². The number of hydrogen-bond acceptors (Lipinski definition) is 2. The van der Waals surface area contributed by atoms with Gasteiger partial charge in [0.2, 0.25) is 0 Å². The van der Waals surface area contributed by atoms with Crippen molar-refractivity contribution in [3.05, 3.63) is 33.5 Å². The van der Waals surface area contributed by atoms with E-state index in [1.54, 1.807) is 0 Å². The second-order valence-electron chi connectivity index (χ2n) is 5.07. The van der Waals surface area contributed by atoms with Gasteiger partial charge < -0.3 is 0 Å². The number of benzene rings is 1. The third kappa shape index (κ3) is 2.98. The Bertz CT molecular complexity index is 459. The summed E-state index contributed by atoms with van der Waals surface area (Å²) < 4.78 is 14.3. The van der Waals surface area contributed by atoms with Crippen LogP contribution < -0.4 is 0 Å². The summed E-state index contributed by atoms with van der Waals surface area (Å²) in [6, 6.07) is 3.63. The normalized spacial score (nSPS) is 16.9. The average Bonchev–Trinajstić information content (AvgIpc) is 3.11. The maximum absolute atomic E-state index is 13.7. The molecule has 1 aliphatic carbocycles. The molecule has 0 saturated heterocycles. The van der Waals surface area contributed by atoms with Gasteiger partial charge in [-0.15, -0.1) is 0 Å². The van der Waals surface area contributed by atoms with Crippen molar-refractivity contribution in [3.63, 3.8) is 0 Å². The molecule has 1 unspecified atom stereocenters. The molecule has 2 nitrogen and oxygen atoms in total. The van der Waals surface area contributed by atoms with Crippen molar-refractivity contribution in [3.8, 4) is 0 Å². The fourth-order valence-electron chi connectivity index (χ4n) is 2.25. The van der Waals surface area contributed by atoms with Crippen LogP contribution in [0, 0.1) is 11.7 Å². The Morgan fingerprint density at radius 2 is 2.22 bits per heavy atom. The number of hydrogen-bond donors (Lipinski definition) is 0. The van der Waals surface area contributed by atoms with E-state index >= 15 is 0 Å². The van der Waals surface area contributed by atoms with Crippen LogP contribution in [-0.4, -0.2) is 24.3 Å². The molecule has 1 saturated carbocycles. The van der Waals surface area contributed by atoms with E-state index in [1.165, 1.54) is 18.9 Å². The molecule has 0 heterocycles. The van der Waals surface area contributed by atoms with Crippen LogP contribution in [-0.2, 0) is 6.54 Å². The highest BCUT2D eigenvalue weighted by Gasteiger charge is 2.30. The highest BCUT2D eigenvalue weighted by Crippen LogP contribution is 2.35. The highest BCUT2D eigenvalue weighted by molar-refractivity contribution is 9.10. The van der Waals surface area contributed by atoms with Crippen LogP contribution in [0.2, 0.25) is 0 Å². The van der Waals surface area contributed by atoms with Gasteiger partial charge in [-0.1, -0.05) is 15.9 Å². The molecule has 1 aliphatic rings. The van der Waals surface area contributed by atoms with E-state index in [0.717, 1.165) is 11.5 Å². The first kappa shape index (κ1) is 13.7. The second kappa shape index (κ2) is 5.49. The Morgan fingerprint density at radius 1 is 1.56 bits per heavy atom. The van der Waals surface area contributed by atoms with Crippen LogP contribution in [0.15, 0.2) is 16.6 Å². The zero-order chi connectivity index (χ0) is 13.3. The number of rotatable bonds is 5. The molecule has 0 bridgehead atoms. The minimum absolute atomic E-state index is 0.174. The molecule has 4 heteroatoms. The molecule has 1 aromatic rings. The number of carbonyl (C=O) groups excluding carboxylic acids is 1. The minimum atomic E-state index is -0.457. The number of aldehydes is 1. The molecular weight excluding hydrogens is 297 g/mol. The lowest BCUT2D eigenvalue weighted by molar-refractivity contribution is 0.111. The van der Waals surface area contributed by atoms with Crippen molar-refractivity contribution in [1.82, 2.24) is 4.90 Å². The summed E-state index contributed by atoms with van der Waals surface area (Å²) in [4.78, 5) is 13.2. The standard InChI is InChI=1S/C14H17BrFNO/c1-9(10-3-4-10)17(2)7-11-5-12(15)6-14(16)13(11)8-18/h5-6,8-10H,3-4,7H2,1-2H3. The summed E-state index contributed by atoms with van der Waals surface area (Å²) in [5.41, 5.74) is 0.917. The van der Waals surface area contributed by atoms with Crippen molar-refractivity contribution in [2.75, 3.05) is 7.05 Å². The highest BCUT2D eigenvalue weighted by atomic mass is 79.9. The van der Waals surface area contributed by atoms with Gasteiger partial charge in [0.25, 0.3) is 0 Å². The van der Waals surface area contributed by atoms with E-state index in [0.29, 0.717) is 23.3 Å². The summed E-state index contributed by atoms with van der Waals surface area (Å²) >= 11 is 3.27. The number of halogens is 2. The second-order valence-corrected chi connectivity index (χ2v) is 5.99. The minimum Gasteiger partial charge on any atom is -0.299 e. The van der Waals surface area contributed by atoms with E-state index in [9.17, 15) is 9.18 Å². The number of carbonyl (C=O) groups is 1. The van der Waals surface area contributed by atoms with E-state index in [4.69, 9.17) is 0 Å². The van der Waals surface area contributed by atoms with E-state index in [2.05, 4.69) is 27.8 Å². The smallest absolute Gasteiger partial charge is 0.153 e. The van der Waals surface area contributed by atoms with Gasteiger partial charge in [0, 0.05) is 17.1 Å². The largest absolute Gasteiger partial charge is 0.299 e. The lowest BCUT2D eigenvalue weighted by Gasteiger charge is -2.25. The summed E-state index contributed by atoms with van der Waals surface area (Å²) in [5.74, 6) is 0.300. The molecular formula is C14H17BrFNO. The zero-order valence-electron chi connectivity index (χ0n) is 10.6. The van der Waals surface area contributed by atoms with E-state index in [-0.39, 0.29) is 5.56 Å². The predicted octanol–water partition coefficient (Wildman–Crippen LogP) is 3.63. The summed E-state index contributed by atoms with van der Waals surface area (Å²) in [7, 11) is 2.02. The van der Waals surface area contributed by atoms with Crippen LogP contribution in [0.4, 0.5) is 4.39 Å². The van der Waals surface area contributed by atoms with Crippen molar-refractivity contribution in [2.24, 2.45) is 5.92 Å². The van der Waals surface area contributed by atoms with Gasteiger partial charge >= 0.3 is 0 Å². The van der Waals surface area contributed by atoms with Crippen LogP contribution in [0.1, 0.15) is 35.7 Å². The first-order valence-electron chi connectivity index (χ1n) is 6.16. The SMILES string of the molecule is CC(C1CC1)N(C)Cc1cc(Br)cc(F)c1C=O. The monoisotopic (exact) mass is 313 g/mol. The number of nitrogens with zero attached hydrogens (tertiary/aromatic N) is 1. The summed E-state index contributed by atoms with van der Waals surface area (Å²) in [5, 5.41) is 0. The van der Waals surface area contributed by atoms with Crippen molar-refractivity contribution in [1.29, 1.82) is 0 Å². The lowest BCUT2D eigenvalue weighted by atomic mass is 10.1. The Morgan fingerprint density at radius 3 is 2.78 bits per heavy atom. The molecule has 98 valence electrons. The molecule has 1 aromatic carbocycles. The van der Waals surface area contributed by atoms with Gasteiger partial charge in [-0.25, -0.2) is 4.39 Å². The molecule has 0 spiro atoms. The summed E-state index contributed by atoms with van der Waals surface area (Å²) in [6.07, 6.45) is 3.16. The molecule has 0 radical (unpaired) electrons. The molecule has 0 amide bonds. The van der Waals surface area contributed by atoms with Crippen LogP contribution >= 0.6 is 15.9 Å². The van der Waals surface area contributed by atoms with Gasteiger partial charge in [0.05, 0.1) is 5.56 Å². The van der Waals surface area contributed by atoms with Crippen LogP contribution in [0.25, 0.3) is 0 Å². The molecule has 0 N–H and O–H groups in total. The third-order valence-corrected chi connectivity index (χ3v) is 4.17. The quantitative estimate of drug-likeness (QED) is 0.774. The predicted molar refractivity (Wildman–Crippen MR) is 73.1 cm³/mol. The third-order valence-electron chi connectivity index (χ3n) is 3.72. The molecule has 18 heavy (non-hydrogen) atoms. The lowest BCUT2D eigenvalue weighted by Crippen LogP contribution is -2.30. The van der Waals surface area contributed by atoms with Crippen LogP contribution in [0.5, 0.6) is 0 Å². The molecule has 0 aliphatic heterocycles. The fourth-order valence-corrected chi connectivity index (χ4v) is 2.73. The first-order valence-corrected chi connectivity index (χ1v) is 6.95. The molecule has 0 aromatic heterocycles. The fraction of sp³-hybridized carbons (Fsp3) is 0.500. The Kier molecular flexibility index (Phi) is 4.17. The first-order chi connectivity index (χ1) is 8.52. The summed E-state index contributed by atoms with van der Waals surface area (Å²) in [6.45, 7) is 2.79. The average molecular weight is 314 g/mol. The van der Waals surface area contributed by atoms with Crippen molar-refractivity contribution >= 4 is 22.2 Å². The van der Waals surface area contributed by atoms with Gasteiger partial charge in [-0.2, -0.15) is 0 Å². The molecule has 1 fully saturated rings. The molecule has 2 rings (SSSR count). The molecule has 1 atom stereocenters. The van der Waals surface area contributed by atoms with Gasteiger partial charge in [-0.05, 0) is 50.4 Å². The van der Waals surface area contributed by atoms with Gasteiger partial charge in [0.1, 0.15) is 5.82 Å². The maximum atomic E-state index is 13.7. The van der Waals surface area contributed by atoms with Crippen LogP contribution in [0.3, 0.4) is 0 Å². The van der Waals surface area contributed by atoms with Gasteiger partial charge in [-0.3, -0.25) is 9.69 Å². The van der Waals surface area contributed by atoms with Crippen molar-refractivity contribution < 1.29 is 9.18 Å².